The third kappa shape index (κ3) is 4.37. The van der Waals surface area contributed by atoms with Gasteiger partial charge in [0.1, 0.15) is 5.82 Å². The lowest BCUT2D eigenvalue weighted by Crippen LogP contribution is -2.27. The van der Waals surface area contributed by atoms with Crippen LogP contribution < -0.4 is 4.90 Å². The van der Waals surface area contributed by atoms with Crippen LogP contribution in [-0.4, -0.2) is 24.2 Å². The molecule has 1 rings (SSSR count). The molecule has 0 fully saturated rings. The highest BCUT2D eigenvalue weighted by Gasteiger charge is 2.11. The summed E-state index contributed by atoms with van der Waals surface area (Å²) < 4.78 is 13.1. The lowest BCUT2D eigenvalue weighted by atomic mass is 10.2. The molecular formula is C13H15ClFNO2. The zero-order valence-corrected chi connectivity index (χ0v) is 10.9. The Morgan fingerprint density at radius 3 is 2.72 bits per heavy atom. The van der Waals surface area contributed by atoms with Crippen molar-refractivity contribution >= 4 is 23.3 Å². The quantitative estimate of drug-likeness (QED) is 0.807. The van der Waals surface area contributed by atoms with Crippen LogP contribution >= 0.6 is 11.6 Å². The number of benzene rings is 1. The van der Waals surface area contributed by atoms with Crippen LogP contribution in [0.1, 0.15) is 13.3 Å². The van der Waals surface area contributed by atoms with Crippen LogP contribution in [0.2, 0.25) is 5.02 Å². The van der Waals surface area contributed by atoms with E-state index in [9.17, 15) is 9.18 Å². The Balaban J connectivity index is 2.89. The van der Waals surface area contributed by atoms with Crippen LogP contribution in [0.3, 0.4) is 0 Å². The number of hydrogen-bond donors (Lipinski definition) is 1. The first-order chi connectivity index (χ1) is 8.40. The van der Waals surface area contributed by atoms with Crippen molar-refractivity contribution < 1.29 is 14.3 Å². The maximum Gasteiger partial charge on any atom is 0.305 e. The summed E-state index contributed by atoms with van der Waals surface area (Å²) in [5, 5.41) is 8.73. The maximum atomic E-state index is 13.1. The highest BCUT2D eigenvalue weighted by atomic mass is 35.5. The van der Waals surface area contributed by atoms with Crippen LogP contribution in [0.4, 0.5) is 10.1 Å². The Morgan fingerprint density at radius 2 is 2.22 bits per heavy atom. The summed E-state index contributed by atoms with van der Waals surface area (Å²) in [6.07, 6.45) is 0.00226. The normalized spacial score (nSPS) is 10.2. The van der Waals surface area contributed by atoms with Crippen molar-refractivity contribution in [3.63, 3.8) is 0 Å². The number of rotatable bonds is 6. The molecule has 0 aliphatic rings. The predicted octanol–water partition coefficient (Wildman–Crippen LogP) is 3.34. The van der Waals surface area contributed by atoms with E-state index in [2.05, 4.69) is 6.58 Å². The summed E-state index contributed by atoms with van der Waals surface area (Å²) in [7, 11) is 0. The zero-order chi connectivity index (χ0) is 13.7. The lowest BCUT2D eigenvalue weighted by molar-refractivity contribution is -0.136. The van der Waals surface area contributed by atoms with E-state index in [-0.39, 0.29) is 11.4 Å². The second-order valence-electron chi connectivity index (χ2n) is 4.12. The topological polar surface area (TPSA) is 40.5 Å². The summed E-state index contributed by atoms with van der Waals surface area (Å²) in [5.74, 6) is -1.37. The van der Waals surface area contributed by atoms with Crippen LogP contribution in [0.5, 0.6) is 0 Å². The van der Waals surface area contributed by atoms with E-state index in [1.165, 1.54) is 12.1 Å². The van der Waals surface area contributed by atoms with Crippen molar-refractivity contribution in [3.05, 3.63) is 41.2 Å². The molecule has 18 heavy (non-hydrogen) atoms. The molecule has 0 bridgehead atoms. The van der Waals surface area contributed by atoms with Crippen molar-refractivity contribution in [2.45, 2.75) is 13.3 Å². The molecule has 5 heteroatoms. The molecule has 1 N–H and O–H groups in total. The monoisotopic (exact) mass is 271 g/mol. The number of carboxylic acid groups (broad SMARTS) is 1. The molecule has 0 aliphatic heterocycles. The Bertz CT molecular complexity index is 462. The van der Waals surface area contributed by atoms with Gasteiger partial charge in [0.05, 0.1) is 11.4 Å². The van der Waals surface area contributed by atoms with E-state index >= 15 is 0 Å². The number of carboxylic acids is 1. The van der Waals surface area contributed by atoms with Crippen LogP contribution in [0, 0.1) is 5.82 Å². The first-order valence-corrected chi connectivity index (χ1v) is 5.84. The van der Waals surface area contributed by atoms with Crippen LogP contribution in [0.25, 0.3) is 0 Å². The van der Waals surface area contributed by atoms with Gasteiger partial charge in [-0.15, -0.1) is 0 Å². The summed E-state index contributed by atoms with van der Waals surface area (Å²) in [6.45, 7) is 6.47. The Hall–Kier alpha value is -1.55. The van der Waals surface area contributed by atoms with E-state index in [0.717, 1.165) is 5.57 Å². The largest absolute Gasteiger partial charge is 0.481 e. The highest BCUT2D eigenvalue weighted by molar-refractivity contribution is 6.31. The first kappa shape index (κ1) is 14.5. The maximum absolute atomic E-state index is 13.1. The molecule has 0 amide bonds. The number of hydrogen-bond acceptors (Lipinski definition) is 2. The van der Waals surface area contributed by atoms with Gasteiger partial charge in [0.15, 0.2) is 0 Å². The molecule has 0 radical (unpaired) electrons. The number of anilines is 1. The Labute approximate surface area is 110 Å². The molecule has 0 saturated heterocycles. The lowest BCUT2D eigenvalue weighted by Gasteiger charge is -2.24. The van der Waals surface area contributed by atoms with Gasteiger partial charge in [0, 0.05) is 18.8 Å². The average molecular weight is 272 g/mol. The summed E-state index contributed by atoms with van der Waals surface area (Å²) in [4.78, 5) is 12.4. The van der Waals surface area contributed by atoms with Gasteiger partial charge in [-0.3, -0.25) is 4.79 Å². The smallest absolute Gasteiger partial charge is 0.305 e. The minimum absolute atomic E-state index is 0.00226. The third-order valence-corrected chi connectivity index (χ3v) is 2.61. The molecule has 1 aromatic rings. The van der Waals surface area contributed by atoms with E-state index in [4.69, 9.17) is 16.7 Å². The van der Waals surface area contributed by atoms with Gasteiger partial charge >= 0.3 is 5.97 Å². The number of halogens is 2. The standard InChI is InChI=1S/C13H15ClFNO2/c1-9(2)8-16(6-5-13(17)18)10-3-4-12(15)11(14)7-10/h3-4,7H,1,5-6,8H2,2H3,(H,17,18). The van der Waals surface area contributed by atoms with E-state index in [1.807, 2.05) is 11.8 Å². The second kappa shape index (κ2) is 6.40. The fraction of sp³-hybridized carbons (Fsp3) is 0.308. The SMILES string of the molecule is C=C(C)CN(CCC(=O)O)c1ccc(F)c(Cl)c1. The summed E-state index contributed by atoms with van der Waals surface area (Å²) in [5.41, 5.74) is 1.58. The number of nitrogens with zero attached hydrogens (tertiary/aromatic N) is 1. The van der Waals surface area contributed by atoms with Crippen molar-refractivity contribution in [1.29, 1.82) is 0 Å². The van der Waals surface area contributed by atoms with Crippen molar-refractivity contribution in [2.75, 3.05) is 18.0 Å². The van der Waals surface area contributed by atoms with Gasteiger partial charge in [0.25, 0.3) is 0 Å². The fourth-order valence-electron chi connectivity index (χ4n) is 1.54. The molecule has 0 unspecified atom stereocenters. The first-order valence-electron chi connectivity index (χ1n) is 5.46. The predicted molar refractivity (Wildman–Crippen MR) is 70.7 cm³/mol. The van der Waals surface area contributed by atoms with E-state index in [1.54, 1.807) is 6.07 Å². The molecule has 98 valence electrons. The zero-order valence-electron chi connectivity index (χ0n) is 10.1. The Morgan fingerprint density at radius 1 is 1.56 bits per heavy atom. The van der Waals surface area contributed by atoms with Gasteiger partial charge in [0.2, 0.25) is 0 Å². The van der Waals surface area contributed by atoms with Gasteiger partial charge < -0.3 is 10.0 Å². The van der Waals surface area contributed by atoms with Crippen molar-refractivity contribution in [2.24, 2.45) is 0 Å². The van der Waals surface area contributed by atoms with Gasteiger partial charge in [-0.25, -0.2) is 4.39 Å². The van der Waals surface area contributed by atoms with E-state index in [0.29, 0.717) is 18.8 Å². The van der Waals surface area contributed by atoms with Crippen molar-refractivity contribution in [1.82, 2.24) is 0 Å². The third-order valence-electron chi connectivity index (χ3n) is 2.32. The van der Waals surface area contributed by atoms with Gasteiger partial charge in [-0.05, 0) is 25.1 Å². The molecule has 0 aliphatic carbocycles. The molecule has 0 spiro atoms. The molecule has 1 aromatic carbocycles. The minimum Gasteiger partial charge on any atom is -0.481 e. The Kier molecular flexibility index (Phi) is 5.16. The average Bonchev–Trinajstić information content (AvgIpc) is 2.27. The van der Waals surface area contributed by atoms with Crippen molar-refractivity contribution in [3.8, 4) is 0 Å². The molecule has 3 nitrogen and oxygen atoms in total. The van der Waals surface area contributed by atoms with Crippen LogP contribution in [0.15, 0.2) is 30.4 Å². The van der Waals surface area contributed by atoms with Crippen LogP contribution in [-0.2, 0) is 4.79 Å². The number of aliphatic carboxylic acids is 1. The summed E-state index contributed by atoms with van der Waals surface area (Å²) in [6, 6.07) is 4.33. The number of carbonyl (C=O) groups is 1. The molecule has 0 atom stereocenters. The fourth-order valence-corrected chi connectivity index (χ4v) is 1.71. The second-order valence-corrected chi connectivity index (χ2v) is 4.53. The van der Waals surface area contributed by atoms with Gasteiger partial charge in [-0.2, -0.15) is 0 Å². The van der Waals surface area contributed by atoms with Gasteiger partial charge in [-0.1, -0.05) is 23.8 Å². The molecule has 0 aromatic heterocycles. The summed E-state index contributed by atoms with van der Waals surface area (Å²) >= 11 is 5.72. The van der Waals surface area contributed by atoms with E-state index < -0.39 is 11.8 Å². The molecule has 0 saturated carbocycles. The molecular weight excluding hydrogens is 257 g/mol. The minimum atomic E-state index is -0.880. The molecule has 0 heterocycles. The highest BCUT2D eigenvalue weighted by Crippen LogP contribution is 2.23.